The van der Waals surface area contributed by atoms with Gasteiger partial charge in [-0.1, -0.05) is 12.1 Å². The van der Waals surface area contributed by atoms with Gasteiger partial charge in [0.25, 0.3) is 5.91 Å². The summed E-state index contributed by atoms with van der Waals surface area (Å²) in [5.41, 5.74) is 0.0479. The average molecular weight is 331 g/mol. The lowest BCUT2D eigenvalue weighted by atomic mass is 10.2. The van der Waals surface area contributed by atoms with E-state index < -0.39 is 11.7 Å². The summed E-state index contributed by atoms with van der Waals surface area (Å²) in [6, 6.07) is 9.87. The van der Waals surface area contributed by atoms with E-state index in [9.17, 15) is 9.18 Å². The van der Waals surface area contributed by atoms with Crippen molar-refractivity contribution in [2.45, 2.75) is 6.54 Å². The number of nitrogens with one attached hydrogen (secondary N) is 3. The molecule has 3 N–H and O–H groups in total. The van der Waals surface area contributed by atoms with Gasteiger partial charge in [0.2, 0.25) is 0 Å². The molecular formula is C17H22FN5O. The van der Waals surface area contributed by atoms with Crippen LogP contribution in [0.1, 0.15) is 10.4 Å². The van der Waals surface area contributed by atoms with Gasteiger partial charge in [-0.3, -0.25) is 9.79 Å². The molecule has 1 aromatic carbocycles. The van der Waals surface area contributed by atoms with Gasteiger partial charge in [0.15, 0.2) is 5.96 Å². The topological polar surface area (TPSA) is 70.4 Å². The second kappa shape index (κ2) is 9.34. The van der Waals surface area contributed by atoms with Gasteiger partial charge >= 0.3 is 0 Å². The van der Waals surface area contributed by atoms with Crippen molar-refractivity contribution in [3.05, 3.63) is 60.2 Å². The number of benzene rings is 1. The molecule has 1 aromatic heterocycles. The van der Waals surface area contributed by atoms with Gasteiger partial charge in [0, 0.05) is 45.6 Å². The quantitative estimate of drug-likeness (QED) is 0.406. The van der Waals surface area contributed by atoms with Crippen molar-refractivity contribution in [1.82, 2.24) is 20.5 Å². The Morgan fingerprint density at radius 2 is 1.71 bits per heavy atom. The summed E-state index contributed by atoms with van der Waals surface area (Å²) < 4.78 is 15.5. The molecule has 7 heteroatoms. The van der Waals surface area contributed by atoms with Crippen molar-refractivity contribution in [2.75, 3.05) is 26.7 Å². The first-order chi connectivity index (χ1) is 11.7. The van der Waals surface area contributed by atoms with Gasteiger partial charge in [0.05, 0.1) is 5.56 Å². The van der Waals surface area contributed by atoms with Crippen LogP contribution in [-0.2, 0) is 6.54 Å². The first-order valence-corrected chi connectivity index (χ1v) is 7.78. The molecule has 2 rings (SSSR count). The largest absolute Gasteiger partial charge is 0.355 e. The minimum absolute atomic E-state index is 0.0479. The first kappa shape index (κ1) is 17.5. The fraction of sp³-hybridized carbons (Fsp3) is 0.294. The Kier molecular flexibility index (Phi) is 6.82. The Hall–Kier alpha value is -2.83. The first-order valence-electron chi connectivity index (χ1n) is 7.78. The van der Waals surface area contributed by atoms with Crippen LogP contribution in [0.4, 0.5) is 4.39 Å². The number of hydrogen-bond acceptors (Lipinski definition) is 2. The average Bonchev–Trinajstić information content (AvgIpc) is 3.10. The zero-order chi connectivity index (χ0) is 17.2. The molecule has 0 atom stereocenters. The van der Waals surface area contributed by atoms with E-state index in [0.29, 0.717) is 19.0 Å². The lowest BCUT2D eigenvalue weighted by Gasteiger charge is -2.12. The van der Waals surface area contributed by atoms with Crippen LogP contribution in [0.5, 0.6) is 0 Å². The number of guanidine groups is 1. The number of carbonyl (C=O) groups excluding carboxylic acids is 1. The van der Waals surface area contributed by atoms with Gasteiger partial charge in [-0.15, -0.1) is 0 Å². The molecule has 128 valence electrons. The van der Waals surface area contributed by atoms with Crippen molar-refractivity contribution >= 4 is 11.9 Å². The molecule has 0 aliphatic heterocycles. The van der Waals surface area contributed by atoms with Crippen LogP contribution in [0.2, 0.25) is 0 Å². The summed E-state index contributed by atoms with van der Waals surface area (Å²) in [6.07, 6.45) is 3.99. The van der Waals surface area contributed by atoms with E-state index >= 15 is 0 Å². The highest BCUT2D eigenvalue weighted by atomic mass is 19.1. The third kappa shape index (κ3) is 5.42. The predicted octanol–water partition coefficient (Wildman–Crippen LogP) is 1.22. The van der Waals surface area contributed by atoms with Crippen LogP contribution < -0.4 is 16.0 Å². The van der Waals surface area contributed by atoms with Crippen LogP contribution in [0.25, 0.3) is 0 Å². The molecule has 0 aliphatic rings. The molecule has 0 fully saturated rings. The van der Waals surface area contributed by atoms with Crippen molar-refractivity contribution in [3.8, 4) is 0 Å². The monoisotopic (exact) mass is 331 g/mol. The third-order valence-corrected chi connectivity index (χ3v) is 3.37. The molecule has 0 radical (unpaired) electrons. The molecule has 0 saturated carbocycles. The standard InChI is InChI=1S/C17H22FN5O/c1-19-17(22-10-13-23-11-4-5-12-23)21-9-8-20-16(24)14-6-2-3-7-15(14)18/h2-7,11-12H,8-10,13H2,1H3,(H,20,24)(H2,19,21,22). The number of amides is 1. The minimum Gasteiger partial charge on any atom is -0.355 e. The van der Waals surface area contributed by atoms with E-state index in [0.717, 1.165) is 13.1 Å². The summed E-state index contributed by atoms with van der Waals surface area (Å²) in [5.74, 6) is -0.293. The Morgan fingerprint density at radius 3 is 2.42 bits per heavy atom. The molecule has 0 spiro atoms. The van der Waals surface area contributed by atoms with Crippen molar-refractivity contribution in [1.29, 1.82) is 0 Å². The SMILES string of the molecule is CN=C(NCCNC(=O)c1ccccc1F)NCCn1cccc1. The number of nitrogens with zero attached hydrogens (tertiary/aromatic N) is 2. The number of carbonyl (C=O) groups is 1. The summed E-state index contributed by atoms with van der Waals surface area (Å²) in [6.45, 7) is 2.42. The number of aliphatic imine (C=N–C) groups is 1. The summed E-state index contributed by atoms with van der Waals surface area (Å²) >= 11 is 0. The van der Waals surface area contributed by atoms with Crippen LogP contribution in [0.3, 0.4) is 0 Å². The maximum atomic E-state index is 13.5. The predicted molar refractivity (Wildman–Crippen MR) is 92.5 cm³/mol. The molecule has 0 unspecified atom stereocenters. The Morgan fingerprint density at radius 1 is 1.04 bits per heavy atom. The van der Waals surface area contributed by atoms with Gasteiger partial charge in [0.1, 0.15) is 5.82 Å². The molecule has 0 bridgehead atoms. The van der Waals surface area contributed by atoms with Crippen molar-refractivity contribution < 1.29 is 9.18 Å². The van der Waals surface area contributed by atoms with Crippen LogP contribution >= 0.6 is 0 Å². The zero-order valence-electron chi connectivity index (χ0n) is 13.6. The molecule has 1 amide bonds. The molecule has 6 nitrogen and oxygen atoms in total. The lowest BCUT2D eigenvalue weighted by molar-refractivity contribution is 0.0950. The fourth-order valence-electron chi connectivity index (χ4n) is 2.14. The van der Waals surface area contributed by atoms with E-state index in [1.807, 2.05) is 24.5 Å². The third-order valence-electron chi connectivity index (χ3n) is 3.37. The Labute approximate surface area is 140 Å². The maximum Gasteiger partial charge on any atom is 0.254 e. The fourth-order valence-corrected chi connectivity index (χ4v) is 2.14. The van der Waals surface area contributed by atoms with Crippen molar-refractivity contribution in [2.24, 2.45) is 4.99 Å². The van der Waals surface area contributed by atoms with E-state index in [-0.39, 0.29) is 5.56 Å². The van der Waals surface area contributed by atoms with E-state index in [1.165, 1.54) is 12.1 Å². The molecule has 2 aromatic rings. The molecular weight excluding hydrogens is 309 g/mol. The Balaban J connectivity index is 1.65. The highest BCUT2D eigenvalue weighted by Gasteiger charge is 2.09. The molecule has 1 heterocycles. The number of rotatable bonds is 7. The minimum atomic E-state index is -0.523. The van der Waals surface area contributed by atoms with Gasteiger partial charge in [-0.2, -0.15) is 0 Å². The van der Waals surface area contributed by atoms with Crippen LogP contribution in [0.15, 0.2) is 53.8 Å². The number of halogens is 1. The van der Waals surface area contributed by atoms with Gasteiger partial charge in [-0.25, -0.2) is 4.39 Å². The van der Waals surface area contributed by atoms with Gasteiger partial charge < -0.3 is 20.5 Å². The molecule has 0 aliphatic carbocycles. The van der Waals surface area contributed by atoms with E-state index in [2.05, 4.69) is 25.5 Å². The summed E-state index contributed by atoms with van der Waals surface area (Å²) in [7, 11) is 1.68. The lowest BCUT2D eigenvalue weighted by Crippen LogP contribution is -2.42. The summed E-state index contributed by atoms with van der Waals surface area (Å²) in [4.78, 5) is 16.0. The Bertz CT molecular complexity index is 669. The molecule has 0 saturated heterocycles. The van der Waals surface area contributed by atoms with E-state index in [4.69, 9.17) is 0 Å². The second-order valence-electron chi connectivity index (χ2n) is 5.08. The highest BCUT2D eigenvalue weighted by molar-refractivity contribution is 5.94. The van der Waals surface area contributed by atoms with E-state index in [1.54, 1.807) is 19.2 Å². The van der Waals surface area contributed by atoms with Crippen LogP contribution in [0, 0.1) is 5.82 Å². The summed E-state index contributed by atoms with van der Waals surface area (Å²) in [5, 5.41) is 8.94. The second-order valence-corrected chi connectivity index (χ2v) is 5.08. The molecule has 24 heavy (non-hydrogen) atoms. The zero-order valence-corrected chi connectivity index (χ0v) is 13.6. The normalized spacial score (nSPS) is 11.2. The van der Waals surface area contributed by atoms with Gasteiger partial charge in [-0.05, 0) is 24.3 Å². The van der Waals surface area contributed by atoms with Crippen molar-refractivity contribution in [3.63, 3.8) is 0 Å². The number of aromatic nitrogens is 1. The van der Waals surface area contributed by atoms with Crippen LogP contribution in [-0.4, -0.2) is 43.1 Å². The highest BCUT2D eigenvalue weighted by Crippen LogP contribution is 2.05. The maximum absolute atomic E-state index is 13.5. The number of hydrogen-bond donors (Lipinski definition) is 3. The smallest absolute Gasteiger partial charge is 0.254 e.